The molecule has 0 aromatic heterocycles. The fourth-order valence-electron chi connectivity index (χ4n) is 4.03. The van der Waals surface area contributed by atoms with Gasteiger partial charge in [0.05, 0.1) is 5.41 Å². The molecule has 3 fully saturated rings. The molecule has 0 bridgehead atoms. The molecule has 3 aliphatic rings. The number of hydrogen-bond acceptors (Lipinski definition) is 2. The Labute approximate surface area is 143 Å². The topological polar surface area (TPSA) is 49.4 Å². The molecule has 1 aliphatic heterocycles. The SMILES string of the molecule is O=C(NC1CCN(C(=O)C2(c3ccccc3)CC2)CC1)C1CCC1. The van der Waals surface area contributed by atoms with Crippen molar-refractivity contribution in [2.24, 2.45) is 5.92 Å². The average Bonchev–Trinajstić information content (AvgIpc) is 3.36. The molecule has 1 N–H and O–H groups in total. The summed E-state index contributed by atoms with van der Waals surface area (Å²) in [5.74, 6) is 0.768. The first-order valence-electron chi connectivity index (χ1n) is 9.34. The van der Waals surface area contributed by atoms with Crippen LogP contribution in [0, 0.1) is 5.92 Å². The molecule has 2 saturated carbocycles. The maximum atomic E-state index is 13.0. The minimum absolute atomic E-state index is 0.231. The number of nitrogens with one attached hydrogen (secondary N) is 1. The Balaban J connectivity index is 1.32. The van der Waals surface area contributed by atoms with Crippen molar-refractivity contribution in [3.8, 4) is 0 Å². The Morgan fingerprint density at radius 1 is 1.00 bits per heavy atom. The van der Waals surface area contributed by atoms with Gasteiger partial charge in [-0.1, -0.05) is 36.8 Å². The van der Waals surface area contributed by atoms with Gasteiger partial charge in [0.15, 0.2) is 0 Å². The van der Waals surface area contributed by atoms with E-state index in [2.05, 4.69) is 17.4 Å². The minimum Gasteiger partial charge on any atom is -0.353 e. The fraction of sp³-hybridized carbons (Fsp3) is 0.600. The van der Waals surface area contributed by atoms with Crippen LogP contribution in [0.3, 0.4) is 0 Å². The zero-order valence-electron chi connectivity index (χ0n) is 14.2. The van der Waals surface area contributed by atoms with Crippen LogP contribution < -0.4 is 5.32 Å². The molecule has 4 nitrogen and oxygen atoms in total. The van der Waals surface area contributed by atoms with E-state index in [0.717, 1.165) is 57.2 Å². The lowest BCUT2D eigenvalue weighted by molar-refractivity contribution is -0.135. The van der Waals surface area contributed by atoms with Crippen molar-refractivity contribution < 1.29 is 9.59 Å². The maximum absolute atomic E-state index is 13.0. The second-order valence-electron chi connectivity index (χ2n) is 7.65. The first kappa shape index (κ1) is 15.7. The summed E-state index contributed by atoms with van der Waals surface area (Å²) in [6.07, 6.45) is 6.98. The molecule has 1 aromatic carbocycles. The highest BCUT2D eigenvalue weighted by Crippen LogP contribution is 2.49. The molecule has 0 atom stereocenters. The van der Waals surface area contributed by atoms with Gasteiger partial charge in [-0.15, -0.1) is 0 Å². The third-order valence-corrected chi connectivity index (χ3v) is 6.09. The molecule has 1 aromatic rings. The summed E-state index contributed by atoms with van der Waals surface area (Å²) in [6, 6.07) is 10.4. The van der Waals surface area contributed by atoms with Crippen molar-refractivity contribution in [2.45, 2.75) is 56.4 Å². The molecule has 4 rings (SSSR count). The molecule has 0 radical (unpaired) electrons. The monoisotopic (exact) mass is 326 g/mol. The Hall–Kier alpha value is -1.84. The normalized spacial score (nSPS) is 23.4. The molecular formula is C20H26N2O2. The van der Waals surface area contributed by atoms with Gasteiger partial charge in [-0.2, -0.15) is 0 Å². The van der Waals surface area contributed by atoms with Crippen molar-refractivity contribution in [1.82, 2.24) is 10.2 Å². The van der Waals surface area contributed by atoms with E-state index in [4.69, 9.17) is 0 Å². The molecular weight excluding hydrogens is 300 g/mol. The molecule has 0 unspecified atom stereocenters. The molecule has 2 aliphatic carbocycles. The van der Waals surface area contributed by atoms with E-state index in [9.17, 15) is 9.59 Å². The van der Waals surface area contributed by atoms with Crippen LogP contribution in [0.15, 0.2) is 30.3 Å². The highest BCUT2D eigenvalue weighted by Gasteiger charge is 2.53. The number of benzene rings is 1. The van der Waals surface area contributed by atoms with Crippen LogP contribution in [0.1, 0.15) is 50.5 Å². The molecule has 1 heterocycles. The summed E-state index contributed by atoms with van der Waals surface area (Å²) < 4.78 is 0. The van der Waals surface area contributed by atoms with Crippen molar-refractivity contribution in [3.63, 3.8) is 0 Å². The standard InChI is InChI=1S/C20H26N2O2/c23-18(15-5-4-6-15)21-17-9-13-22(14-10-17)19(24)20(11-12-20)16-7-2-1-3-8-16/h1-3,7-8,15,17H,4-6,9-14H2,(H,21,23). The lowest BCUT2D eigenvalue weighted by Gasteiger charge is -2.36. The predicted molar refractivity (Wildman–Crippen MR) is 92.4 cm³/mol. The smallest absolute Gasteiger partial charge is 0.233 e. The van der Waals surface area contributed by atoms with Gasteiger partial charge in [0.25, 0.3) is 0 Å². The van der Waals surface area contributed by atoms with Crippen LogP contribution in [0.4, 0.5) is 0 Å². The predicted octanol–water partition coefficient (Wildman–Crippen LogP) is 2.63. The zero-order chi connectivity index (χ0) is 16.6. The molecule has 24 heavy (non-hydrogen) atoms. The summed E-state index contributed by atoms with van der Waals surface area (Å²) in [6.45, 7) is 1.53. The first-order chi connectivity index (χ1) is 11.7. The summed E-state index contributed by atoms with van der Waals surface area (Å²) in [4.78, 5) is 27.1. The number of carbonyl (C=O) groups excluding carboxylic acids is 2. The van der Waals surface area contributed by atoms with Crippen LogP contribution >= 0.6 is 0 Å². The maximum Gasteiger partial charge on any atom is 0.233 e. The molecule has 4 heteroatoms. The quantitative estimate of drug-likeness (QED) is 0.925. The number of amides is 2. The van der Waals surface area contributed by atoms with Gasteiger partial charge in [-0.25, -0.2) is 0 Å². The Morgan fingerprint density at radius 3 is 2.21 bits per heavy atom. The van der Waals surface area contributed by atoms with E-state index in [-0.39, 0.29) is 29.2 Å². The molecule has 1 saturated heterocycles. The second-order valence-corrected chi connectivity index (χ2v) is 7.65. The highest BCUT2D eigenvalue weighted by atomic mass is 16.2. The zero-order valence-corrected chi connectivity index (χ0v) is 14.2. The van der Waals surface area contributed by atoms with Gasteiger partial charge in [-0.05, 0) is 44.1 Å². The lowest BCUT2D eigenvalue weighted by Crippen LogP contribution is -2.50. The number of likely N-dealkylation sites (tertiary alicyclic amines) is 1. The molecule has 128 valence electrons. The van der Waals surface area contributed by atoms with Crippen molar-refractivity contribution >= 4 is 11.8 Å². The Morgan fingerprint density at radius 2 is 1.67 bits per heavy atom. The third-order valence-electron chi connectivity index (χ3n) is 6.09. The van der Waals surface area contributed by atoms with Gasteiger partial charge in [-0.3, -0.25) is 9.59 Å². The van der Waals surface area contributed by atoms with Gasteiger partial charge >= 0.3 is 0 Å². The number of nitrogens with zero attached hydrogens (tertiary/aromatic N) is 1. The third kappa shape index (κ3) is 2.83. The van der Waals surface area contributed by atoms with E-state index in [1.165, 1.54) is 6.42 Å². The van der Waals surface area contributed by atoms with E-state index in [1.807, 2.05) is 23.1 Å². The van der Waals surface area contributed by atoms with Crippen LogP contribution in [0.2, 0.25) is 0 Å². The largest absolute Gasteiger partial charge is 0.353 e. The Kier molecular flexibility index (Phi) is 4.07. The first-order valence-corrected chi connectivity index (χ1v) is 9.34. The number of carbonyl (C=O) groups is 2. The number of hydrogen-bond donors (Lipinski definition) is 1. The van der Waals surface area contributed by atoms with Crippen molar-refractivity contribution in [2.75, 3.05) is 13.1 Å². The summed E-state index contributed by atoms with van der Waals surface area (Å²) in [5, 5.41) is 3.19. The number of rotatable bonds is 4. The lowest BCUT2D eigenvalue weighted by atomic mass is 9.84. The van der Waals surface area contributed by atoms with E-state index < -0.39 is 0 Å². The minimum atomic E-state index is -0.261. The Bertz CT molecular complexity index is 612. The van der Waals surface area contributed by atoms with Crippen LogP contribution in [-0.2, 0) is 15.0 Å². The van der Waals surface area contributed by atoms with E-state index in [1.54, 1.807) is 0 Å². The van der Waals surface area contributed by atoms with Gasteiger partial charge in [0.2, 0.25) is 11.8 Å². The van der Waals surface area contributed by atoms with Gasteiger partial charge in [0, 0.05) is 25.0 Å². The van der Waals surface area contributed by atoms with E-state index in [0.29, 0.717) is 0 Å². The van der Waals surface area contributed by atoms with Gasteiger partial charge < -0.3 is 10.2 Å². The molecule has 0 spiro atoms. The van der Waals surface area contributed by atoms with Crippen LogP contribution in [0.5, 0.6) is 0 Å². The summed E-state index contributed by atoms with van der Waals surface area (Å²) in [7, 11) is 0. The fourth-order valence-corrected chi connectivity index (χ4v) is 4.03. The van der Waals surface area contributed by atoms with Crippen LogP contribution in [-0.4, -0.2) is 35.8 Å². The van der Waals surface area contributed by atoms with Gasteiger partial charge in [0.1, 0.15) is 0 Å². The molecule has 2 amide bonds. The van der Waals surface area contributed by atoms with Crippen molar-refractivity contribution in [3.05, 3.63) is 35.9 Å². The second kappa shape index (κ2) is 6.23. The van der Waals surface area contributed by atoms with Crippen LogP contribution in [0.25, 0.3) is 0 Å². The summed E-state index contributed by atoms with van der Waals surface area (Å²) >= 11 is 0. The van der Waals surface area contributed by atoms with Crippen molar-refractivity contribution in [1.29, 1.82) is 0 Å². The van der Waals surface area contributed by atoms with E-state index >= 15 is 0 Å². The number of piperidine rings is 1. The highest BCUT2D eigenvalue weighted by molar-refractivity contribution is 5.91. The summed E-state index contributed by atoms with van der Waals surface area (Å²) in [5.41, 5.74) is 0.902. The average molecular weight is 326 g/mol.